The lowest BCUT2D eigenvalue weighted by Crippen LogP contribution is -2.09. The van der Waals surface area contributed by atoms with E-state index in [4.69, 9.17) is 14.6 Å². The monoisotopic (exact) mass is 526 g/mol. The number of nitrogens with zero attached hydrogens (tertiary/aromatic N) is 2. The SMILES string of the molecule is C=C(C)C(=O)OCCCCCCCCCCCOc1ccc(/C=N/N(c2ccccc2)c2ccccc2)cc1. The van der Waals surface area contributed by atoms with Crippen molar-refractivity contribution in [3.63, 3.8) is 0 Å². The summed E-state index contributed by atoms with van der Waals surface area (Å²) in [5, 5.41) is 6.70. The van der Waals surface area contributed by atoms with Crippen LogP contribution in [0.1, 0.15) is 70.3 Å². The number of carbonyl (C=O) groups is 1. The molecule has 5 nitrogen and oxygen atoms in total. The zero-order valence-corrected chi connectivity index (χ0v) is 23.3. The molecule has 0 fully saturated rings. The van der Waals surface area contributed by atoms with E-state index in [0.29, 0.717) is 12.2 Å². The Bertz CT molecular complexity index is 1090. The van der Waals surface area contributed by atoms with Gasteiger partial charge in [-0.1, -0.05) is 87.9 Å². The molecule has 0 bridgehead atoms. The van der Waals surface area contributed by atoms with Crippen molar-refractivity contribution >= 4 is 23.6 Å². The summed E-state index contributed by atoms with van der Waals surface area (Å²) < 4.78 is 11.1. The largest absolute Gasteiger partial charge is 0.494 e. The van der Waals surface area contributed by atoms with E-state index in [0.717, 1.165) is 48.6 Å². The van der Waals surface area contributed by atoms with Crippen LogP contribution in [0.5, 0.6) is 5.75 Å². The molecule has 0 amide bonds. The number of para-hydroxylation sites is 2. The second kappa shape index (κ2) is 17.6. The summed E-state index contributed by atoms with van der Waals surface area (Å²) >= 11 is 0. The molecular weight excluding hydrogens is 484 g/mol. The lowest BCUT2D eigenvalue weighted by molar-refractivity contribution is -0.139. The van der Waals surface area contributed by atoms with Gasteiger partial charge in [0.05, 0.1) is 30.8 Å². The van der Waals surface area contributed by atoms with E-state index in [9.17, 15) is 4.79 Å². The second-order valence-corrected chi connectivity index (χ2v) is 9.74. The van der Waals surface area contributed by atoms with E-state index in [1.54, 1.807) is 6.92 Å². The highest BCUT2D eigenvalue weighted by Crippen LogP contribution is 2.25. The Morgan fingerprint density at radius 1 is 0.718 bits per heavy atom. The third-order valence-electron chi connectivity index (χ3n) is 6.34. The maximum atomic E-state index is 11.3. The van der Waals surface area contributed by atoms with Crippen LogP contribution in [0.2, 0.25) is 0 Å². The Balaban J connectivity index is 1.27. The lowest BCUT2D eigenvalue weighted by Gasteiger charge is -2.19. The number of hydrazone groups is 1. The first-order valence-corrected chi connectivity index (χ1v) is 14.1. The van der Waals surface area contributed by atoms with E-state index in [1.165, 1.54) is 38.5 Å². The Morgan fingerprint density at radius 3 is 1.72 bits per heavy atom. The lowest BCUT2D eigenvalue weighted by atomic mass is 10.1. The molecule has 0 unspecified atom stereocenters. The van der Waals surface area contributed by atoms with Crippen LogP contribution >= 0.6 is 0 Å². The summed E-state index contributed by atoms with van der Waals surface area (Å²) in [5.41, 5.74) is 3.51. The molecule has 5 heteroatoms. The van der Waals surface area contributed by atoms with Gasteiger partial charge < -0.3 is 9.47 Å². The molecule has 0 aliphatic carbocycles. The fraction of sp³-hybridized carbons (Fsp3) is 0.353. The number of ether oxygens (including phenoxy) is 2. The smallest absolute Gasteiger partial charge is 0.333 e. The van der Waals surface area contributed by atoms with Crippen molar-refractivity contribution in [2.75, 3.05) is 18.2 Å². The minimum atomic E-state index is -0.282. The average molecular weight is 527 g/mol. The molecule has 0 heterocycles. The van der Waals surface area contributed by atoms with Gasteiger partial charge in [0.2, 0.25) is 0 Å². The predicted octanol–water partition coefficient (Wildman–Crippen LogP) is 8.87. The molecule has 0 N–H and O–H groups in total. The molecule has 0 aliphatic rings. The Morgan fingerprint density at radius 2 is 1.21 bits per heavy atom. The second-order valence-electron chi connectivity index (χ2n) is 9.74. The summed E-state index contributed by atoms with van der Waals surface area (Å²) in [5.74, 6) is 0.611. The molecule has 0 saturated heterocycles. The van der Waals surface area contributed by atoms with Crippen molar-refractivity contribution in [3.05, 3.63) is 103 Å². The number of hydrogen-bond acceptors (Lipinski definition) is 5. The fourth-order valence-corrected chi connectivity index (χ4v) is 4.11. The number of hydrogen-bond donors (Lipinski definition) is 0. The third kappa shape index (κ3) is 11.6. The number of rotatable bonds is 18. The van der Waals surface area contributed by atoms with Crippen molar-refractivity contribution in [1.29, 1.82) is 0 Å². The first kappa shape index (κ1) is 29.7. The number of unbranched alkanes of at least 4 members (excludes halogenated alkanes) is 8. The van der Waals surface area contributed by atoms with E-state index < -0.39 is 0 Å². The zero-order chi connectivity index (χ0) is 27.5. The van der Waals surface area contributed by atoms with Gasteiger partial charge in [-0.25, -0.2) is 9.80 Å². The fourth-order valence-electron chi connectivity index (χ4n) is 4.11. The summed E-state index contributed by atoms with van der Waals surface area (Å²) in [7, 11) is 0. The number of esters is 1. The molecule has 3 aromatic rings. The molecule has 0 saturated carbocycles. The van der Waals surface area contributed by atoms with Crippen molar-refractivity contribution in [1.82, 2.24) is 0 Å². The summed E-state index contributed by atoms with van der Waals surface area (Å²) in [4.78, 5) is 11.3. The minimum Gasteiger partial charge on any atom is -0.494 e. The van der Waals surface area contributed by atoms with Gasteiger partial charge in [-0.3, -0.25) is 0 Å². The minimum absolute atomic E-state index is 0.282. The molecule has 3 rings (SSSR count). The zero-order valence-electron chi connectivity index (χ0n) is 23.3. The third-order valence-corrected chi connectivity index (χ3v) is 6.34. The predicted molar refractivity (Wildman–Crippen MR) is 162 cm³/mol. The van der Waals surface area contributed by atoms with E-state index in [2.05, 4.69) is 30.8 Å². The first-order valence-electron chi connectivity index (χ1n) is 14.1. The maximum absolute atomic E-state index is 11.3. The van der Waals surface area contributed by atoms with Crippen LogP contribution in [0.25, 0.3) is 0 Å². The van der Waals surface area contributed by atoms with E-state index >= 15 is 0 Å². The van der Waals surface area contributed by atoms with Gasteiger partial charge in [0.15, 0.2) is 0 Å². The standard InChI is InChI=1S/C34H42N2O3/c1-29(2)34(37)39-27-17-9-7-5-3-4-6-8-16-26-38-33-24-22-30(23-25-33)28-35-36(31-18-12-10-13-19-31)32-20-14-11-15-21-32/h10-15,18-25,28H,1,3-9,16-17,26-27H2,2H3/b35-28+. The van der Waals surface area contributed by atoms with Crippen LogP contribution in [0.15, 0.2) is 102 Å². The molecule has 39 heavy (non-hydrogen) atoms. The highest BCUT2D eigenvalue weighted by Gasteiger charge is 2.06. The number of carbonyl (C=O) groups excluding carboxylic acids is 1. The molecule has 0 atom stereocenters. The molecular formula is C34H42N2O3. The first-order chi connectivity index (χ1) is 19.1. The number of anilines is 2. The van der Waals surface area contributed by atoms with Crippen LogP contribution in [-0.4, -0.2) is 25.4 Å². The van der Waals surface area contributed by atoms with E-state index in [-0.39, 0.29) is 5.97 Å². The Hall–Kier alpha value is -3.86. The quantitative estimate of drug-likeness (QED) is 0.0546. The van der Waals surface area contributed by atoms with Gasteiger partial charge in [0.1, 0.15) is 5.75 Å². The van der Waals surface area contributed by atoms with Crippen LogP contribution in [-0.2, 0) is 9.53 Å². The molecule has 0 aliphatic heterocycles. The van der Waals surface area contributed by atoms with Crippen molar-refractivity contribution < 1.29 is 14.3 Å². The molecule has 3 aromatic carbocycles. The van der Waals surface area contributed by atoms with Crippen LogP contribution in [0.4, 0.5) is 11.4 Å². The van der Waals surface area contributed by atoms with Gasteiger partial charge in [0.25, 0.3) is 0 Å². The Kier molecular flexibility index (Phi) is 13.4. The molecule has 0 aromatic heterocycles. The van der Waals surface area contributed by atoms with Crippen LogP contribution in [0.3, 0.4) is 0 Å². The topological polar surface area (TPSA) is 51.1 Å². The molecule has 0 spiro atoms. The Labute approximate surface area is 234 Å². The normalized spacial score (nSPS) is 10.9. The van der Waals surface area contributed by atoms with E-state index in [1.807, 2.05) is 71.9 Å². The molecule has 206 valence electrons. The van der Waals surface area contributed by atoms with Gasteiger partial charge in [0, 0.05) is 5.57 Å². The van der Waals surface area contributed by atoms with Crippen molar-refractivity contribution in [3.8, 4) is 5.75 Å². The summed E-state index contributed by atoms with van der Waals surface area (Å²) in [6.07, 6.45) is 12.4. The van der Waals surface area contributed by atoms with Crippen molar-refractivity contribution in [2.45, 2.75) is 64.7 Å². The molecule has 0 radical (unpaired) electrons. The highest BCUT2D eigenvalue weighted by atomic mass is 16.5. The van der Waals surface area contributed by atoms with Crippen LogP contribution < -0.4 is 9.75 Å². The summed E-state index contributed by atoms with van der Waals surface area (Å²) in [6, 6.07) is 28.4. The number of benzene rings is 3. The van der Waals surface area contributed by atoms with Gasteiger partial charge >= 0.3 is 5.97 Å². The highest BCUT2D eigenvalue weighted by molar-refractivity contribution is 5.86. The van der Waals surface area contributed by atoms with Crippen molar-refractivity contribution in [2.24, 2.45) is 5.10 Å². The van der Waals surface area contributed by atoms with Crippen LogP contribution in [0, 0.1) is 0 Å². The maximum Gasteiger partial charge on any atom is 0.333 e. The summed E-state index contributed by atoms with van der Waals surface area (Å²) in [6.45, 7) is 6.51. The van der Waals surface area contributed by atoms with Gasteiger partial charge in [-0.05, 0) is 73.9 Å². The van der Waals surface area contributed by atoms with Gasteiger partial charge in [-0.2, -0.15) is 5.10 Å². The average Bonchev–Trinajstić information content (AvgIpc) is 2.97. The van der Waals surface area contributed by atoms with Gasteiger partial charge in [-0.15, -0.1) is 0 Å².